The number of carbonyl (C=O) groups is 2. The number of rotatable bonds is 68. The van der Waals surface area contributed by atoms with Gasteiger partial charge in [-0.3, -0.25) is 9.59 Å². The van der Waals surface area contributed by atoms with Gasteiger partial charge in [0.1, 0.15) is 6.61 Å². The molecule has 0 aromatic heterocycles. The van der Waals surface area contributed by atoms with Gasteiger partial charge in [-0.2, -0.15) is 0 Å². The van der Waals surface area contributed by atoms with Crippen molar-refractivity contribution >= 4 is 11.9 Å². The Morgan fingerprint density at radius 2 is 0.500 bits per heavy atom. The van der Waals surface area contributed by atoms with Gasteiger partial charge in [0, 0.05) is 12.8 Å². The molecule has 0 radical (unpaired) electrons. The number of hydrogen-bond acceptors (Lipinski definition) is 5. The largest absolute Gasteiger partial charge is 0.462 e. The van der Waals surface area contributed by atoms with E-state index in [0.717, 1.165) is 103 Å². The van der Waals surface area contributed by atoms with Crippen LogP contribution in [-0.4, -0.2) is 36.4 Å². The lowest BCUT2D eigenvalue weighted by Gasteiger charge is -2.15. The number of esters is 2. The zero-order chi connectivity index (χ0) is 61.9. The summed E-state index contributed by atoms with van der Waals surface area (Å²) in [6.45, 7) is 4.04. The normalized spacial score (nSPS) is 12.9. The third-order valence-corrected chi connectivity index (χ3v) is 16.2. The molecule has 1 N–H and O–H groups in total. The second-order valence-electron chi connectivity index (χ2n) is 24.6. The van der Waals surface area contributed by atoms with Crippen molar-refractivity contribution in [1.82, 2.24) is 0 Å². The van der Waals surface area contributed by atoms with Gasteiger partial charge >= 0.3 is 11.9 Å². The Morgan fingerprint density at radius 3 is 0.756 bits per heavy atom. The van der Waals surface area contributed by atoms with Gasteiger partial charge in [0.15, 0.2) is 6.10 Å². The van der Waals surface area contributed by atoms with Crippen LogP contribution in [0.3, 0.4) is 0 Å². The van der Waals surface area contributed by atoms with Crippen LogP contribution in [0.1, 0.15) is 361 Å². The molecule has 494 valence electrons. The highest BCUT2D eigenvalue weighted by Gasteiger charge is 2.16. The molecule has 1 atom stereocenters. The van der Waals surface area contributed by atoms with Crippen LogP contribution in [0, 0.1) is 0 Å². The molecule has 0 spiro atoms. The Morgan fingerprint density at radius 1 is 0.279 bits per heavy atom. The highest BCUT2D eigenvalue weighted by Crippen LogP contribution is 2.18. The molecule has 0 aromatic rings. The molecule has 0 aliphatic carbocycles. The lowest BCUT2D eigenvalue weighted by Crippen LogP contribution is -2.28. The number of carbonyl (C=O) groups excluding carboxylic acids is 2. The average Bonchev–Trinajstić information content (AvgIpc) is 3.55. The highest BCUT2D eigenvalue weighted by atomic mass is 16.6. The van der Waals surface area contributed by atoms with E-state index in [2.05, 4.69) is 135 Å². The maximum Gasteiger partial charge on any atom is 0.306 e. The summed E-state index contributed by atoms with van der Waals surface area (Å²) in [5, 5.41) is 9.71. The molecule has 0 rings (SSSR count). The fourth-order valence-electron chi connectivity index (χ4n) is 10.7. The Hall–Kier alpha value is -3.70. The van der Waals surface area contributed by atoms with Crippen molar-refractivity contribution in [3.05, 3.63) is 122 Å². The lowest BCUT2D eigenvalue weighted by molar-refractivity contribution is -0.161. The number of aliphatic hydroxyl groups is 1. The van der Waals surface area contributed by atoms with Crippen LogP contribution < -0.4 is 0 Å². The van der Waals surface area contributed by atoms with E-state index in [4.69, 9.17) is 9.47 Å². The SMILES string of the molecule is CC/C=C\C/C=C\C/C=C\C/C=C\C/C=C\C/C=C\C/C=C\CCCCCCCCCCCC(=O)OC(CO)COC(=O)CCCCCCCCCCCCCCCCCCCCCCCCCCCC/C=C\C/C=C\C/C=C\CCCCCCC. The molecule has 0 saturated carbocycles. The van der Waals surface area contributed by atoms with Gasteiger partial charge in [-0.25, -0.2) is 0 Å². The van der Waals surface area contributed by atoms with Gasteiger partial charge in [-0.15, -0.1) is 0 Å². The Bertz CT molecular complexity index is 1690. The van der Waals surface area contributed by atoms with Gasteiger partial charge in [-0.1, -0.05) is 360 Å². The standard InChI is InChI=1S/C81H140O5/c1-3-5-7-9-11-13-15-17-19-21-23-25-27-29-31-33-35-36-37-38-39-40-41-42-43-44-46-47-49-51-53-55-57-59-61-63-65-67-69-71-73-75-80(83)85-78-79(77-82)86-81(84)76-74-72-70-68-66-64-62-60-58-56-54-52-50-48-45-34-32-30-28-26-24-22-20-18-16-14-12-10-8-6-4-2/h6,8,12,14-15,17-18,20-21,23-24,26-27,29-30,32,45,48,52,54,79,82H,3-5,7,9-11,13,16,19,22,25,28,31,33-44,46-47,49-51,53,55-78H2,1-2H3/b8-6-,14-12-,17-15-,20-18-,23-21-,26-24-,29-27-,32-30-,48-45-,54-52-. The minimum absolute atomic E-state index is 0.0704. The summed E-state index contributed by atoms with van der Waals surface area (Å²) in [6.07, 6.45) is 111. The number of allylic oxidation sites excluding steroid dienone is 20. The van der Waals surface area contributed by atoms with Crippen molar-refractivity contribution in [3.63, 3.8) is 0 Å². The summed E-state index contributed by atoms with van der Waals surface area (Å²) in [7, 11) is 0. The highest BCUT2D eigenvalue weighted by molar-refractivity contribution is 5.70. The van der Waals surface area contributed by atoms with E-state index in [0.29, 0.717) is 12.8 Å². The number of unbranched alkanes of at least 4 members (excludes halogenated alkanes) is 40. The average molecular weight is 1190 g/mol. The summed E-state index contributed by atoms with van der Waals surface area (Å²) in [5.41, 5.74) is 0. The first-order chi connectivity index (χ1) is 42.6. The molecule has 5 heteroatoms. The van der Waals surface area contributed by atoms with Crippen LogP contribution in [0.15, 0.2) is 122 Å². The lowest BCUT2D eigenvalue weighted by atomic mass is 10.0. The first kappa shape index (κ1) is 82.3. The fraction of sp³-hybridized carbons (Fsp3) is 0.728. The Kier molecular flexibility index (Phi) is 72.3. The molecule has 5 nitrogen and oxygen atoms in total. The second-order valence-corrected chi connectivity index (χ2v) is 24.6. The number of ether oxygens (including phenoxy) is 2. The van der Waals surface area contributed by atoms with Crippen molar-refractivity contribution in [2.45, 2.75) is 367 Å². The molecule has 0 aliphatic rings. The summed E-state index contributed by atoms with van der Waals surface area (Å²) >= 11 is 0. The smallest absolute Gasteiger partial charge is 0.306 e. The van der Waals surface area contributed by atoms with E-state index < -0.39 is 6.10 Å². The number of aliphatic hydroxyl groups excluding tert-OH is 1. The maximum atomic E-state index is 12.4. The van der Waals surface area contributed by atoms with E-state index in [1.165, 1.54) is 231 Å². The van der Waals surface area contributed by atoms with E-state index in [1.54, 1.807) is 0 Å². The van der Waals surface area contributed by atoms with Crippen LogP contribution in [0.25, 0.3) is 0 Å². The first-order valence-electron chi connectivity index (χ1n) is 37.1. The van der Waals surface area contributed by atoms with Crippen LogP contribution in [0.4, 0.5) is 0 Å². The first-order valence-corrected chi connectivity index (χ1v) is 37.1. The predicted molar refractivity (Wildman–Crippen MR) is 380 cm³/mol. The third kappa shape index (κ3) is 72.8. The molecule has 0 amide bonds. The van der Waals surface area contributed by atoms with Gasteiger partial charge in [0.05, 0.1) is 6.61 Å². The molecule has 1 unspecified atom stereocenters. The molecule has 0 aliphatic heterocycles. The van der Waals surface area contributed by atoms with Crippen molar-refractivity contribution in [2.24, 2.45) is 0 Å². The van der Waals surface area contributed by atoms with E-state index in [-0.39, 0.29) is 25.2 Å². The van der Waals surface area contributed by atoms with Crippen molar-refractivity contribution in [1.29, 1.82) is 0 Å². The Balaban J connectivity index is 3.45. The second kappa shape index (κ2) is 75.5. The van der Waals surface area contributed by atoms with E-state index in [9.17, 15) is 14.7 Å². The summed E-state index contributed by atoms with van der Waals surface area (Å²) in [6, 6.07) is 0. The van der Waals surface area contributed by atoms with Gasteiger partial charge in [0.25, 0.3) is 0 Å². The van der Waals surface area contributed by atoms with Crippen LogP contribution in [-0.2, 0) is 19.1 Å². The molecule has 0 heterocycles. The molecule has 0 fully saturated rings. The maximum absolute atomic E-state index is 12.4. The zero-order valence-electron chi connectivity index (χ0n) is 56.8. The van der Waals surface area contributed by atoms with Gasteiger partial charge < -0.3 is 14.6 Å². The van der Waals surface area contributed by atoms with Crippen LogP contribution in [0.2, 0.25) is 0 Å². The van der Waals surface area contributed by atoms with E-state index in [1.807, 2.05) is 0 Å². The van der Waals surface area contributed by atoms with Crippen molar-refractivity contribution in [3.8, 4) is 0 Å². The number of hydrogen-bond donors (Lipinski definition) is 1. The quantitative estimate of drug-likeness (QED) is 0.0373. The zero-order valence-corrected chi connectivity index (χ0v) is 56.8. The summed E-state index contributed by atoms with van der Waals surface area (Å²) < 4.78 is 10.8. The molecule has 86 heavy (non-hydrogen) atoms. The molecule has 0 bridgehead atoms. The van der Waals surface area contributed by atoms with Crippen molar-refractivity contribution in [2.75, 3.05) is 13.2 Å². The molecular formula is C81H140O5. The van der Waals surface area contributed by atoms with Crippen LogP contribution in [0.5, 0.6) is 0 Å². The molecule has 0 saturated heterocycles. The Labute approximate surface area is 534 Å². The minimum Gasteiger partial charge on any atom is -0.462 e. The van der Waals surface area contributed by atoms with E-state index >= 15 is 0 Å². The topological polar surface area (TPSA) is 72.8 Å². The summed E-state index contributed by atoms with van der Waals surface area (Å²) in [5.74, 6) is -0.589. The van der Waals surface area contributed by atoms with Gasteiger partial charge in [0.2, 0.25) is 0 Å². The minimum atomic E-state index is -0.783. The molecular weight excluding hydrogens is 1050 g/mol. The van der Waals surface area contributed by atoms with Crippen LogP contribution >= 0.6 is 0 Å². The summed E-state index contributed by atoms with van der Waals surface area (Å²) in [4.78, 5) is 24.7. The fourth-order valence-corrected chi connectivity index (χ4v) is 10.7. The monoisotopic (exact) mass is 1190 g/mol. The van der Waals surface area contributed by atoms with Gasteiger partial charge in [-0.05, 0) is 109 Å². The third-order valence-electron chi connectivity index (χ3n) is 16.2. The van der Waals surface area contributed by atoms with Crippen molar-refractivity contribution < 1.29 is 24.2 Å². The molecule has 0 aromatic carbocycles. The predicted octanol–water partition coefficient (Wildman–Crippen LogP) is 26.1.